The number of thiophene rings is 1. The molecule has 0 saturated carbocycles. The zero-order valence-corrected chi connectivity index (χ0v) is 13.8. The number of amides is 2. The van der Waals surface area contributed by atoms with E-state index in [1.54, 1.807) is 24.1 Å². The van der Waals surface area contributed by atoms with Crippen molar-refractivity contribution in [3.63, 3.8) is 0 Å². The Hall–Kier alpha value is -2.18. The van der Waals surface area contributed by atoms with E-state index in [1.165, 1.54) is 11.3 Å². The van der Waals surface area contributed by atoms with Crippen LogP contribution in [-0.2, 0) is 4.79 Å². The van der Waals surface area contributed by atoms with E-state index in [9.17, 15) is 14.7 Å². The first-order valence-corrected chi connectivity index (χ1v) is 8.24. The Morgan fingerprint density at radius 3 is 2.57 bits per heavy atom. The molecule has 23 heavy (non-hydrogen) atoms. The van der Waals surface area contributed by atoms with Gasteiger partial charge in [0.2, 0.25) is 5.91 Å². The van der Waals surface area contributed by atoms with Crippen LogP contribution in [0.5, 0.6) is 0 Å². The van der Waals surface area contributed by atoms with Crippen molar-refractivity contribution in [2.45, 2.75) is 12.5 Å². The van der Waals surface area contributed by atoms with Crippen molar-refractivity contribution in [1.82, 2.24) is 10.2 Å². The molecule has 6 heteroatoms. The minimum Gasteiger partial charge on any atom is -0.396 e. The fourth-order valence-corrected chi connectivity index (χ4v) is 2.97. The summed E-state index contributed by atoms with van der Waals surface area (Å²) >= 11 is 1.33. The normalized spacial score (nSPS) is 11.7. The van der Waals surface area contributed by atoms with Crippen molar-refractivity contribution in [3.05, 3.63) is 58.3 Å². The lowest BCUT2D eigenvalue weighted by molar-refractivity contribution is -0.131. The highest BCUT2D eigenvalue weighted by molar-refractivity contribution is 7.12. The molecule has 0 aliphatic heterocycles. The summed E-state index contributed by atoms with van der Waals surface area (Å²) in [5, 5.41) is 13.7. The van der Waals surface area contributed by atoms with Gasteiger partial charge in [-0.2, -0.15) is 0 Å². The molecule has 1 aromatic carbocycles. The van der Waals surface area contributed by atoms with Gasteiger partial charge in [0.25, 0.3) is 5.91 Å². The number of rotatable bonds is 7. The van der Waals surface area contributed by atoms with E-state index in [4.69, 9.17) is 0 Å². The lowest BCUT2D eigenvalue weighted by atomic mass is 10.0. The summed E-state index contributed by atoms with van der Waals surface area (Å²) in [7, 11) is 1.69. The predicted molar refractivity (Wildman–Crippen MR) is 90.3 cm³/mol. The van der Waals surface area contributed by atoms with Gasteiger partial charge in [-0.25, -0.2) is 0 Å². The fraction of sp³-hybridized carbons (Fsp3) is 0.294. The Labute approximate surface area is 139 Å². The zero-order chi connectivity index (χ0) is 16.7. The molecule has 2 N–H and O–H groups in total. The van der Waals surface area contributed by atoms with Crippen molar-refractivity contribution in [3.8, 4) is 0 Å². The third kappa shape index (κ3) is 4.64. The first-order chi connectivity index (χ1) is 11.1. The number of hydrogen-bond acceptors (Lipinski definition) is 4. The van der Waals surface area contributed by atoms with Crippen LogP contribution in [0.15, 0.2) is 47.8 Å². The second kappa shape index (κ2) is 8.45. The average Bonchev–Trinajstić information content (AvgIpc) is 3.12. The number of aliphatic hydroxyl groups excluding tert-OH is 1. The quantitative estimate of drug-likeness (QED) is 0.815. The number of hydrogen-bond donors (Lipinski definition) is 2. The van der Waals surface area contributed by atoms with Crippen molar-refractivity contribution in [2.24, 2.45) is 0 Å². The summed E-state index contributed by atoms with van der Waals surface area (Å²) in [6.07, 6.45) is 0.450. The van der Waals surface area contributed by atoms with Crippen LogP contribution < -0.4 is 5.32 Å². The molecule has 122 valence electrons. The van der Waals surface area contributed by atoms with Gasteiger partial charge < -0.3 is 15.3 Å². The maximum Gasteiger partial charge on any atom is 0.261 e. The van der Waals surface area contributed by atoms with Gasteiger partial charge in [-0.1, -0.05) is 36.4 Å². The minimum atomic E-state index is -0.250. The van der Waals surface area contributed by atoms with Crippen LogP contribution in [0.25, 0.3) is 0 Å². The first kappa shape index (κ1) is 17.2. The number of aliphatic hydroxyl groups is 1. The summed E-state index contributed by atoms with van der Waals surface area (Å²) in [5.41, 5.74) is 0.960. The molecular weight excluding hydrogens is 312 g/mol. The Morgan fingerprint density at radius 2 is 1.96 bits per heavy atom. The minimum absolute atomic E-state index is 0.0151. The van der Waals surface area contributed by atoms with Gasteiger partial charge >= 0.3 is 0 Å². The third-order valence-electron chi connectivity index (χ3n) is 3.59. The van der Waals surface area contributed by atoms with Gasteiger partial charge in [0, 0.05) is 13.7 Å². The molecule has 0 saturated heterocycles. The van der Waals surface area contributed by atoms with Crippen LogP contribution in [0.1, 0.15) is 27.7 Å². The summed E-state index contributed by atoms with van der Waals surface area (Å²) < 4.78 is 0. The van der Waals surface area contributed by atoms with Gasteiger partial charge in [-0.05, 0) is 23.4 Å². The molecule has 1 heterocycles. The molecule has 1 unspecified atom stereocenters. The fourth-order valence-electron chi connectivity index (χ4n) is 2.33. The average molecular weight is 332 g/mol. The topological polar surface area (TPSA) is 69.6 Å². The van der Waals surface area contributed by atoms with Crippen molar-refractivity contribution < 1.29 is 14.7 Å². The Balaban J connectivity index is 1.97. The van der Waals surface area contributed by atoms with E-state index in [0.29, 0.717) is 11.3 Å². The van der Waals surface area contributed by atoms with Crippen LogP contribution >= 0.6 is 11.3 Å². The zero-order valence-electron chi connectivity index (χ0n) is 12.9. The van der Waals surface area contributed by atoms with E-state index in [-0.39, 0.29) is 31.0 Å². The van der Waals surface area contributed by atoms with Gasteiger partial charge in [0.1, 0.15) is 0 Å². The molecule has 1 atom stereocenters. The number of nitrogens with one attached hydrogen (secondary N) is 1. The largest absolute Gasteiger partial charge is 0.396 e. The molecule has 0 fully saturated rings. The van der Waals surface area contributed by atoms with Crippen LogP contribution in [0, 0.1) is 0 Å². The molecule has 2 aromatic rings. The molecule has 0 bridgehead atoms. The molecule has 2 amide bonds. The number of likely N-dealkylation sites (N-methyl/N-ethyl adjacent to an activating group) is 1. The molecule has 1 aromatic heterocycles. The van der Waals surface area contributed by atoms with Crippen molar-refractivity contribution >= 4 is 23.2 Å². The first-order valence-electron chi connectivity index (χ1n) is 7.36. The maximum absolute atomic E-state index is 12.3. The third-order valence-corrected chi connectivity index (χ3v) is 4.46. The van der Waals surface area contributed by atoms with Crippen molar-refractivity contribution in [2.75, 3.05) is 20.2 Å². The number of nitrogens with zero attached hydrogens (tertiary/aromatic N) is 1. The molecule has 0 spiro atoms. The monoisotopic (exact) mass is 332 g/mol. The maximum atomic E-state index is 12.3. The van der Waals surface area contributed by atoms with Crippen LogP contribution in [-0.4, -0.2) is 42.0 Å². The molecule has 0 aliphatic rings. The lowest BCUT2D eigenvalue weighted by Gasteiger charge is -2.28. The van der Waals surface area contributed by atoms with E-state index in [2.05, 4.69) is 5.32 Å². The predicted octanol–water partition coefficient (Wildman–Crippen LogP) is 2.06. The van der Waals surface area contributed by atoms with E-state index >= 15 is 0 Å². The molecule has 2 rings (SSSR count). The summed E-state index contributed by atoms with van der Waals surface area (Å²) in [6, 6.07) is 12.8. The van der Waals surface area contributed by atoms with Crippen LogP contribution in [0.2, 0.25) is 0 Å². The standard InChI is InChI=1S/C17H20N2O3S/c1-19(14(9-10-20)13-6-3-2-4-7-13)16(21)12-18-17(22)15-8-5-11-23-15/h2-8,11,14,20H,9-10,12H2,1H3,(H,18,22). The summed E-state index contributed by atoms with van der Waals surface area (Å²) in [4.78, 5) is 26.4. The summed E-state index contributed by atoms with van der Waals surface area (Å²) in [6.45, 7) is -0.0826. The Morgan fingerprint density at radius 1 is 1.22 bits per heavy atom. The number of carbonyl (C=O) groups excluding carboxylic acids is 2. The van der Waals surface area contributed by atoms with Gasteiger partial charge in [0.05, 0.1) is 17.5 Å². The number of carbonyl (C=O) groups is 2. The van der Waals surface area contributed by atoms with Gasteiger partial charge in [0.15, 0.2) is 0 Å². The Kier molecular flexibility index (Phi) is 6.31. The van der Waals surface area contributed by atoms with E-state index in [1.807, 2.05) is 35.7 Å². The second-order valence-electron chi connectivity index (χ2n) is 5.10. The van der Waals surface area contributed by atoms with E-state index < -0.39 is 0 Å². The number of benzene rings is 1. The Bertz CT molecular complexity index is 629. The highest BCUT2D eigenvalue weighted by Gasteiger charge is 2.21. The highest BCUT2D eigenvalue weighted by Crippen LogP contribution is 2.22. The molecule has 0 radical (unpaired) electrons. The van der Waals surface area contributed by atoms with Gasteiger partial charge in [-0.15, -0.1) is 11.3 Å². The molecular formula is C17H20N2O3S. The highest BCUT2D eigenvalue weighted by atomic mass is 32.1. The SMILES string of the molecule is CN(C(=O)CNC(=O)c1cccs1)C(CCO)c1ccccc1. The van der Waals surface area contributed by atoms with Crippen LogP contribution in [0.3, 0.4) is 0 Å². The second-order valence-corrected chi connectivity index (χ2v) is 6.05. The van der Waals surface area contributed by atoms with Crippen molar-refractivity contribution in [1.29, 1.82) is 0 Å². The lowest BCUT2D eigenvalue weighted by Crippen LogP contribution is -2.40. The van der Waals surface area contributed by atoms with E-state index in [0.717, 1.165) is 5.56 Å². The summed E-state index contributed by atoms with van der Waals surface area (Å²) in [5.74, 6) is -0.447. The smallest absolute Gasteiger partial charge is 0.261 e. The molecule has 5 nitrogen and oxygen atoms in total. The van der Waals surface area contributed by atoms with Crippen LogP contribution in [0.4, 0.5) is 0 Å². The molecule has 0 aliphatic carbocycles. The van der Waals surface area contributed by atoms with Gasteiger partial charge in [-0.3, -0.25) is 9.59 Å².